The summed E-state index contributed by atoms with van der Waals surface area (Å²) < 4.78 is 0. The Kier molecular flexibility index (Phi) is 4.71. The monoisotopic (exact) mass is 308 g/mol. The van der Waals surface area contributed by atoms with Crippen LogP contribution in [0.25, 0.3) is 0 Å². The van der Waals surface area contributed by atoms with Gasteiger partial charge in [0.05, 0.1) is 13.2 Å². The molecule has 124 valence electrons. The van der Waals surface area contributed by atoms with Gasteiger partial charge in [0.25, 0.3) is 0 Å². The Morgan fingerprint density at radius 1 is 1.23 bits per heavy atom. The molecule has 2 amide bonds. The van der Waals surface area contributed by atoms with E-state index in [0.717, 1.165) is 44.6 Å². The van der Waals surface area contributed by atoms with Crippen LogP contribution in [0, 0.1) is 11.3 Å². The molecule has 0 aromatic rings. The van der Waals surface area contributed by atoms with E-state index >= 15 is 0 Å². The molecule has 22 heavy (non-hydrogen) atoms. The first-order chi connectivity index (χ1) is 10.6. The molecule has 0 bridgehead atoms. The van der Waals surface area contributed by atoms with E-state index in [0.29, 0.717) is 19.5 Å². The lowest BCUT2D eigenvalue weighted by Gasteiger charge is -2.42. The number of aliphatic hydroxyl groups is 1. The number of piperidine rings is 2. The van der Waals surface area contributed by atoms with Gasteiger partial charge in [-0.05, 0) is 38.0 Å². The fourth-order valence-electron chi connectivity index (χ4n) is 4.01. The standard InChI is InChI=1S/C17H28N2O3/c20-13-17(10-14-5-6-14)7-3-9-19(12-17)16(22)11-18-8-2-1-4-15(18)21/h14,20H,1-13H2. The molecule has 2 aliphatic heterocycles. The molecule has 1 unspecified atom stereocenters. The molecule has 2 heterocycles. The van der Waals surface area contributed by atoms with E-state index in [1.807, 2.05) is 4.90 Å². The lowest BCUT2D eigenvalue weighted by Crippen LogP contribution is -2.51. The average molecular weight is 308 g/mol. The summed E-state index contributed by atoms with van der Waals surface area (Å²) in [6.45, 7) is 2.56. The van der Waals surface area contributed by atoms with Crippen LogP contribution in [0.3, 0.4) is 0 Å². The Balaban J connectivity index is 1.58. The summed E-state index contributed by atoms with van der Waals surface area (Å²) in [6, 6.07) is 0. The molecule has 3 aliphatic rings. The van der Waals surface area contributed by atoms with Gasteiger partial charge in [-0.2, -0.15) is 0 Å². The Labute approximate surface area is 132 Å². The molecule has 3 rings (SSSR count). The SMILES string of the molecule is O=C1CCCCN1CC(=O)N1CCCC(CO)(CC2CC2)C1. The molecule has 5 nitrogen and oxygen atoms in total. The highest BCUT2D eigenvalue weighted by molar-refractivity contribution is 5.85. The van der Waals surface area contributed by atoms with Crippen molar-refractivity contribution in [3.8, 4) is 0 Å². The molecule has 1 N–H and O–H groups in total. The Bertz CT molecular complexity index is 436. The van der Waals surface area contributed by atoms with Crippen molar-refractivity contribution in [1.82, 2.24) is 9.80 Å². The quantitative estimate of drug-likeness (QED) is 0.835. The van der Waals surface area contributed by atoms with Crippen LogP contribution < -0.4 is 0 Å². The van der Waals surface area contributed by atoms with Gasteiger partial charge in [-0.1, -0.05) is 12.8 Å². The Morgan fingerprint density at radius 2 is 2.05 bits per heavy atom. The summed E-state index contributed by atoms with van der Waals surface area (Å²) >= 11 is 0. The third kappa shape index (κ3) is 3.62. The number of hydrogen-bond donors (Lipinski definition) is 1. The van der Waals surface area contributed by atoms with E-state index < -0.39 is 0 Å². The maximum atomic E-state index is 12.6. The van der Waals surface area contributed by atoms with Gasteiger partial charge in [0.1, 0.15) is 0 Å². The molecule has 5 heteroatoms. The molecule has 1 saturated carbocycles. The molecule has 3 fully saturated rings. The molecule has 2 saturated heterocycles. The number of likely N-dealkylation sites (tertiary alicyclic amines) is 2. The van der Waals surface area contributed by atoms with Crippen molar-refractivity contribution < 1.29 is 14.7 Å². The van der Waals surface area contributed by atoms with Crippen LogP contribution in [-0.2, 0) is 9.59 Å². The first-order valence-electron chi connectivity index (χ1n) is 8.78. The van der Waals surface area contributed by atoms with Crippen LogP contribution in [0.15, 0.2) is 0 Å². The average Bonchev–Trinajstić information content (AvgIpc) is 3.33. The van der Waals surface area contributed by atoms with Gasteiger partial charge >= 0.3 is 0 Å². The van der Waals surface area contributed by atoms with Gasteiger partial charge in [0, 0.05) is 31.5 Å². The first kappa shape index (κ1) is 15.8. The summed E-state index contributed by atoms with van der Waals surface area (Å²) in [5, 5.41) is 9.88. The van der Waals surface area contributed by atoms with Crippen molar-refractivity contribution in [3.63, 3.8) is 0 Å². The smallest absolute Gasteiger partial charge is 0.242 e. The van der Waals surface area contributed by atoms with Gasteiger partial charge in [0.2, 0.25) is 11.8 Å². The summed E-state index contributed by atoms with van der Waals surface area (Å²) in [7, 11) is 0. The zero-order chi connectivity index (χ0) is 15.6. The summed E-state index contributed by atoms with van der Waals surface area (Å²) in [5.41, 5.74) is -0.0962. The van der Waals surface area contributed by atoms with Crippen molar-refractivity contribution in [2.45, 2.75) is 51.4 Å². The van der Waals surface area contributed by atoms with E-state index in [1.54, 1.807) is 4.90 Å². The highest BCUT2D eigenvalue weighted by Crippen LogP contribution is 2.44. The van der Waals surface area contributed by atoms with Crippen LogP contribution in [0.4, 0.5) is 0 Å². The fraction of sp³-hybridized carbons (Fsp3) is 0.882. The topological polar surface area (TPSA) is 60.9 Å². The second-order valence-corrected chi connectivity index (χ2v) is 7.50. The number of hydrogen-bond acceptors (Lipinski definition) is 3. The number of carbonyl (C=O) groups is 2. The minimum atomic E-state index is -0.0962. The van der Waals surface area contributed by atoms with Gasteiger partial charge in [-0.3, -0.25) is 9.59 Å². The van der Waals surface area contributed by atoms with E-state index in [9.17, 15) is 14.7 Å². The largest absolute Gasteiger partial charge is 0.396 e. The molecule has 0 spiro atoms. The van der Waals surface area contributed by atoms with Crippen molar-refractivity contribution in [2.75, 3.05) is 32.8 Å². The van der Waals surface area contributed by atoms with Crippen LogP contribution in [0.2, 0.25) is 0 Å². The first-order valence-corrected chi connectivity index (χ1v) is 8.78. The predicted molar refractivity (Wildman–Crippen MR) is 83.1 cm³/mol. The normalized spacial score (nSPS) is 29.8. The summed E-state index contributed by atoms with van der Waals surface area (Å²) in [5.74, 6) is 0.928. The van der Waals surface area contributed by atoms with Gasteiger partial charge in [-0.25, -0.2) is 0 Å². The highest BCUT2D eigenvalue weighted by Gasteiger charge is 2.41. The molecule has 0 radical (unpaired) electrons. The minimum Gasteiger partial charge on any atom is -0.396 e. The van der Waals surface area contributed by atoms with Crippen molar-refractivity contribution in [3.05, 3.63) is 0 Å². The zero-order valence-corrected chi connectivity index (χ0v) is 13.4. The van der Waals surface area contributed by atoms with E-state index in [4.69, 9.17) is 0 Å². The molecular formula is C17H28N2O3. The number of rotatable bonds is 5. The van der Waals surface area contributed by atoms with Crippen molar-refractivity contribution in [2.24, 2.45) is 11.3 Å². The third-order valence-electron chi connectivity index (χ3n) is 5.52. The van der Waals surface area contributed by atoms with E-state index in [-0.39, 0.29) is 30.4 Å². The Morgan fingerprint density at radius 3 is 2.73 bits per heavy atom. The lowest BCUT2D eigenvalue weighted by atomic mass is 9.76. The lowest BCUT2D eigenvalue weighted by molar-refractivity contribution is -0.144. The number of carbonyl (C=O) groups excluding carboxylic acids is 2. The predicted octanol–water partition coefficient (Wildman–Crippen LogP) is 1.40. The number of nitrogens with zero attached hydrogens (tertiary/aromatic N) is 2. The van der Waals surface area contributed by atoms with Crippen molar-refractivity contribution >= 4 is 11.8 Å². The minimum absolute atomic E-state index is 0.0589. The maximum absolute atomic E-state index is 12.6. The Hall–Kier alpha value is -1.10. The zero-order valence-electron chi connectivity index (χ0n) is 13.4. The molecule has 0 aromatic carbocycles. The van der Waals surface area contributed by atoms with Crippen molar-refractivity contribution in [1.29, 1.82) is 0 Å². The van der Waals surface area contributed by atoms with Gasteiger partial charge < -0.3 is 14.9 Å². The highest BCUT2D eigenvalue weighted by atomic mass is 16.3. The van der Waals surface area contributed by atoms with Gasteiger partial charge in [-0.15, -0.1) is 0 Å². The summed E-state index contributed by atoms with van der Waals surface area (Å²) in [4.78, 5) is 28.0. The molecule has 0 aromatic heterocycles. The number of aliphatic hydroxyl groups excluding tert-OH is 1. The van der Waals surface area contributed by atoms with E-state index in [2.05, 4.69) is 0 Å². The number of amides is 2. The molecule has 1 aliphatic carbocycles. The van der Waals surface area contributed by atoms with Crippen LogP contribution in [0.1, 0.15) is 51.4 Å². The van der Waals surface area contributed by atoms with Crippen LogP contribution in [0.5, 0.6) is 0 Å². The molecular weight excluding hydrogens is 280 g/mol. The second-order valence-electron chi connectivity index (χ2n) is 7.50. The van der Waals surface area contributed by atoms with Crippen LogP contribution >= 0.6 is 0 Å². The van der Waals surface area contributed by atoms with E-state index in [1.165, 1.54) is 12.8 Å². The third-order valence-corrected chi connectivity index (χ3v) is 5.52. The fourth-order valence-corrected chi connectivity index (χ4v) is 4.01. The summed E-state index contributed by atoms with van der Waals surface area (Å²) in [6.07, 6.45) is 8.12. The van der Waals surface area contributed by atoms with Crippen LogP contribution in [-0.4, -0.2) is 59.5 Å². The van der Waals surface area contributed by atoms with Gasteiger partial charge in [0.15, 0.2) is 0 Å². The molecule has 1 atom stereocenters. The maximum Gasteiger partial charge on any atom is 0.242 e. The second kappa shape index (κ2) is 6.57.